The third-order valence-corrected chi connectivity index (χ3v) is 5.09. The zero-order valence-electron chi connectivity index (χ0n) is 13.4. The zero-order valence-corrected chi connectivity index (χ0v) is 15.1. The summed E-state index contributed by atoms with van der Waals surface area (Å²) in [6, 6.07) is 13.9. The van der Waals surface area contributed by atoms with Gasteiger partial charge in [-0.15, -0.1) is 10.2 Å². The normalized spacial score (nSPS) is 10.5. The van der Waals surface area contributed by atoms with Crippen LogP contribution in [0.25, 0.3) is 0 Å². The number of para-hydroxylation sites is 1. The molecule has 0 atom stereocenters. The number of halogens is 1. The van der Waals surface area contributed by atoms with E-state index in [0.717, 1.165) is 15.8 Å². The average Bonchev–Trinajstić information content (AvgIpc) is 3.08. The van der Waals surface area contributed by atoms with Crippen molar-refractivity contribution in [1.29, 1.82) is 0 Å². The fourth-order valence-electron chi connectivity index (χ4n) is 1.96. The van der Waals surface area contributed by atoms with Crippen LogP contribution >= 0.6 is 23.1 Å². The fraction of sp³-hybridized carbons (Fsp3) is 0.176. The summed E-state index contributed by atoms with van der Waals surface area (Å²) in [5.41, 5.74) is 0.913. The molecular weight excluding hydrogens is 361 g/mol. The summed E-state index contributed by atoms with van der Waals surface area (Å²) >= 11 is 2.98. The molecule has 0 aliphatic heterocycles. The Balaban J connectivity index is 1.46. The van der Waals surface area contributed by atoms with Gasteiger partial charge in [0.05, 0.1) is 13.7 Å². The van der Waals surface area contributed by atoms with Crippen LogP contribution in [0.4, 0.5) is 15.2 Å². The van der Waals surface area contributed by atoms with Crippen LogP contribution < -0.4 is 14.8 Å². The molecule has 0 bridgehead atoms. The lowest BCUT2D eigenvalue weighted by atomic mass is 10.3. The number of anilines is 2. The quantitative estimate of drug-likeness (QED) is 0.457. The van der Waals surface area contributed by atoms with E-state index in [1.165, 1.54) is 29.2 Å². The number of ether oxygens (including phenoxy) is 2. The Morgan fingerprint density at radius 3 is 2.68 bits per heavy atom. The first kappa shape index (κ1) is 17.5. The van der Waals surface area contributed by atoms with Crippen LogP contribution in [0.5, 0.6) is 11.5 Å². The highest BCUT2D eigenvalue weighted by atomic mass is 32.2. The second kappa shape index (κ2) is 8.68. The van der Waals surface area contributed by atoms with Gasteiger partial charge in [0.2, 0.25) is 5.13 Å². The number of hydrogen-bond donors (Lipinski definition) is 1. The molecule has 8 heteroatoms. The van der Waals surface area contributed by atoms with Crippen LogP contribution in [0.3, 0.4) is 0 Å². The Bertz CT molecular complexity index is 812. The molecule has 0 unspecified atom stereocenters. The van der Waals surface area contributed by atoms with Crippen molar-refractivity contribution in [3.05, 3.63) is 54.3 Å². The van der Waals surface area contributed by atoms with Crippen molar-refractivity contribution in [1.82, 2.24) is 10.2 Å². The molecule has 1 aromatic heterocycles. The molecular formula is C17H16FN3O2S2. The highest BCUT2D eigenvalue weighted by Gasteiger charge is 2.06. The van der Waals surface area contributed by atoms with Crippen molar-refractivity contribution in [2.24, 2.45) is 0 Å². The molecule has 3 aromatic rings. The minimum absolute atomic E-state index is 0.266. The minimum atomic E-state index is -0.352. The van der Waals surface area contributed by atoms with E-state index in [1.807, 2.05) is 24.3 Å². The fourth-order valence-corrected chi connectivity index (χ4v) is 3.62. The van der Waals surface area contributed by atoms with E-state index in [1.54, 1.807) is 25.3 Å². The summed E-state index contributed by atoms with van der Waals surface area (Å²) in [6.07, 6.45) is 0. The monoisotopic (exact) mass is 377 g/mol. The molecule has 0 aliphatic carbocycles. The van der Waals surface area contributed by atoms with Gasteiger partial charge in [0.1, 0.15) is 5.75 Å². The molecule has 0 spiro atoms. The van der Waals surface area contributed by atoms with Crippen molar-refractivity contribution >= 4 is 33.9 Å². The number of methoxy groups -OCH3 is 1. The summed E-state index contributed by atoms with van der Waals surface area (Å²) in [6.45, 7) is 0.395. The second-order valence-corrected chi connectivity index (χ2v) is 7.17. The molecule has 2 aromatic carbocycles. The summed E-state index contributed by atoms with van der Waals surface area (Å²) in [7, 11) is 1.63. The Kier molecular flexibility index (Phi) is 6.08. The van der Waals surface area contributed by atoms with E-state index in [2.05, 4.69) is 15.5 Å². The van der Waals surface area contributed by atoms with E-state index >= 15 is 0 Å². The smallest absolute Gasteiger partial charge is 0.210 e. The maximum Gasteiger partial charge on any atom is 0.210 e. The number of rotatable bonds is 8. The molecule has 1 heterocycles. The van der Waals surface area contributed by atoms with Gasteiger partial charge in [0.15, 0.2) is 15.9 Å². The van der Waals surface area contributed by atoms with Crippen molar-refractivity contribution < 1.29 is 13.9 Å². The lowest BCUT2D eigenvalue weighted by Gasteiger charge is -2.05. The number of benzene rings is 2. The van der Waals surface area contributed by atoms with Gasteiger partial charge in [-0.3, -0.25) is 0 Å². The SMILES string of the molecule is COc1ccc(Nc2nnc(SCCOc3ccccc3F)s2)cc1. The molecule has 0 saturated carbocycles. The lowest BCUT2D eigenvalue weighted by Crippen LogP contribution is -2.01. The molecule has 0 radical (unpaired) electrons. The Morgan fingerprint density at radius 1 is 1.12 bits per heavy atom. The summed E-state index contributed by atoms with van der Waals surface area (Å²) < 4.78 is 24.8. The molecule has 0 saturated heterocycles. The van der Waals surface area contributed by atoms with Gasteiger partial charge in [0.25, 0.3) is 0 Å². The molecule has 5 nitrogen and oxygen atoms in total. The molecule has 25 heavy (non-hydrogen) atoms. The minimum Gasteiger partial charge on any atom is -0.497 e. The molecule has 130 valence electrons. The largest absolute Gasteiger partial charge is 0.497 e. The third-order valence-electron chi connectivity index (χ3n) is 3.15. The van der Waals surface area contributed by atoms with Crippen LogP contribution in [0.2, 0.25) is 0 Å². The van der Waals surface area contributed by atoms with Gasteiger partial charge in [0, 0.05) is 11.4 Å². The van der Waals surface area contributed by atoms with Crippen LogP contribution in [-0.2, 0) is 0 Å². The number of nitrogens with zero attached hydrogens (tertiary/aromatic N) is 2. The standard InChI is InChI=1S/C17H16FN3O2S2/c1-22-13-8-6-12(7-9-13)19-16-20-21-17(25-16)24-11-10-23-15-5-3-2-4-14(15)18/h2-9H,10-11H2,1H3,(H,19,20). The first-order valence-corrected chi connectivity index (χ1v) is 9.29. The third kappa shape index (κ3) is 5.07. The summed E-state index contributed by atoms with van der Waals surface area (Å²) in [4.78, 5) is 0. The first-order valence-electron chi connectivity index (χ1n) is 7.49. The lowest BCUT2D eigenvalue weighted by molar-refractivity contribution is 0.325. The van der Waals surface area contributed by atoms with E-state index in [4.69, 9.17) is 9.47 Å². The predicted molar refractivity (Wildman–Crippen MR) is 98.8 cm³/mol. The van der Waals surface area contributed by atoms with Crippen molar-refractivity contribution in [3.8, 4) is 11.5 Å². The molecule has 3 rings (SSSR count). The van der Waals surface area contributed by atoms with Crippen molar-refractivity contribution in [2.45, 2.75) is 4.34 Å². The zero-order chi connectivity index (χ0) is 17.5. The maximum atomic E-state index is 13.4. The van der Waals surface area contributed by atoms with Gasteiger partial charge >= 0.3 is 0 Å². The number of aromatic nitrogens is 2. The number of thioether (sulfide) groups is 1. The predicted octanol–water partition coefficient (Wildman–Crippen LogP) is 4.60. The highest BCUT2D eigenvalue weighted by Crippen LogP contribution is 2.28. The Morgan fingerprint density at radius 2 is 1.92 bits per heavy atom. The van der Waals surface area contributed by atoms with E-state index in [0.29, 0.717) is 17.5 Å². The second-order valence-electron chi connectivity index (χ2n) is 4.85. The number of nitrogens with one attached hydrogen (secondary N) is 1. The van der Waals surface area contributed by atoms with Crippen molar-refractivity contribution in [3.63, 3.8) is 0 Å². The Hall–Kier alpha value is -2.32. The van der Waals surface area contributed by atoms with E-state index in [9.17, 15) is 4.39 Å². The topological polar surface area (TPSA) is 56.3 Å². The van der Waals surface area contributed by atoms with Crippen LogP contribution in [0.1, 0.15) is 0 Å². The van der Waals surface area contributed by atoms with Gasteiger partial charge in [-0.1, -0.05) is 35.2 Å². The van der Waals surface area contributed by atoms with Crippen LogP contribution in [-0.4, -0.2) is 29.7 Å². The molecule has 0 fully saturated rings. The van der Waals surface area contributed by atoms with Gasteiger partial charge in [-0.2, -0.15) is 0 Å². The summed E-state index contributed by atoms with van der Waals surface area (Å²) in [5.74, 6) is 1.37. The van der Waals surface area contributed by atoms with Gasteiger partial charge < -0.3 is 14.8 Å². The van der Waals surface area contributed by atoms with Gasteiger partial charge in [-0.05, 0) is 36.4 Å². The highest BCUT2D eigenvalue weighted by molar-refractivity contribution is 8.01. The molecule has 0 amide bonds. The van der Waals surface area contributed by atoms with Crippen molar-refractivity contribution in [2.75, 3.05) is 24.8 Å². The Labute approximate surface area is 153 Å². The maximum absolute atomic E-state index is 13.4. The first-order chi connectivity index (χ1) is 12.2. The van der Waals surface area contributed by atoms with Crippen LogP contribution in [0, 0.1) is 5.82 Å². The van der Waals surface area contributed by atoms with E-state index in [-0.39, 0.29) is 11.6 Å². The van der Waals surface area contributed by atoms with E-state index < -0.39 is 0 Å². The summed E-state index contributed by atoms with van der Waals surface area (Å²) in [5, 5.41) is 12.1. The number of hydrogen-bond acceptors (Lipinski definition) is 7. The molecule has 0 aliphatic rings. The van der Waals surface area contributed by atoms with Crippen LogP contribution in [0.15, 0.2) is 52.9 Å². The molecule has 1 N–H and O–H groups in total. The van der Waals surface area contributed by atoms with Gasteiger partial charge in [-0.25, -0.2) is 4.39 Å². The average molecular weight is 377 g/mol.